The molecule has 1 atom stereocenters. The molecular weight excluding hydrogens is 248 g/mol. The Hall–Kier alpha value is -1.36. The Labute approximate surface area is 111 Å². The Balaban J connectivity index is 1.90. The fraction of sp³-hybridized carbons (Fsp3) is 0.462. The average Bonchev–Trinajstić information content (AvgIpc) is 2.40. The van der Waals surface area contributed by atoms with Crippen molar-refractivity contribution in [3.8, 4) is 5.75 Å². The van der Waals surface area contributed by atoms with E-state index in [2.05, 4.69) is 5.32 Å². The molecule has 0 aromatic heterocycles. The number of rotatable bonds is 3. The number of nitrogens with one attached hydrogen (secondary N) is 1. The maximum absolute atomic E-state index is 11.9. The summed E-state index contributed by atoms with van der Waals surface area (Å²) in [5, 5.41) is 12.6. The number of amides is 1. The lowest BCUT2D eigenvalue weighted by atomic mass is 10.1. The lowest BCUT2D eigenvalue weighted by Gasteiger charge is -2.20. The molecule has 0 radical (unpaired) electrons. The van der Waals surface area contributed by atoms with E-state index in [0.717, 1.165) is 18.6 Å². The largest absolute Gasteiger partial charge is 0.508 e. The first kappa shape index (κ1) is 13.1. The van der Waals surface area contributed by atoms with E-state index in [1.807, 2.05) is 0 Å². The van der Waals surface area contributed by atoms with Crippen LogP contribution >= 0.6 is 11.8 Å². The molecule has 4 N–H and O–H groups in total. The number of hydrogen-bond donors (Lipinski definition) is 3. The van der Waals surface area contributed by atoms with Gasteiger partial charge in [-0.15, -0.1) is 11.8 Å². The molecule has 0 aliphatic carbocycles. The predicted octanol–water partition coefficient (Wildman–Crippen LogP) is 1.88. The molecule has 5 heteroatoms. The van der Waals surface area contributed by atoms with Crippen LogP contribution in [-0.2, 0) is 11.3 Å². The van der Waals surface area contributed by atoms with Crippen LogP contribution in [0.25, 0.3) is 0 Å². The van der Waals surface area contributed by atoms with E-state index in [9.17, 15) is 9.90 Å². The van der Waals surface area contributed by atoms with Crippen molar-refractivity contribution in [3.05, 3.63) is 23.8 Å². The van der Waals surface area contributed by atoms with Crippen molar-refractivity contribution in [1.29, 1.82) is 0 Å². The highest BCUT2D eigenvalue weighted by Gasteiger charge is 2.21. The molecule has 1 aromatic carbocycles. The molecule has 1 aliphatic heterocycles. The Bertz CT molecular complexity index is 431. The number of carbonyl (C=O) groups is 1. The van der Waals surface area contributed by atoms with Crippen LogP contribution in [0.1, 0.15) is 24.8 Å². The Morgan fingerprint density at radius 1 is 1.50 bits per heavy atom. The zero-order valence-corrected chi connectivity index (χ0v) is 11.0. The molecule has 1 unspecified atom stereocenters. The summed E-state index contributed by atoms with van der Waals surface area (Å²) in [7, 11) is 0. The van der Waals surface area contributed by atoms with Crippen molar-refractivity contribution in [2.45, 2.75) is 31.1 Å². The molecular formula is C13H18N2O2S. The van der Waals surface area contributed by atoms with Gasteiger partial charge in [0.25, 0.3) is 0 Å². The van der Waals surface area contributed by atoms with Crippen molar-refractivity contribution in [2.24, 2.45) is 0 Å². The summed E-state index contributed by atoms with van der Waals surface area (Å²) in [6, 6.07) is 4.87. The number of anilines is 1. The first-order chi connectivity index (χ1) is 8.66. The van der Waals surface area contributed by atoms with E-state index >= 15 is 0 Å². The second kappa shape index (κ2) is 6.00. The summed E-state index contributed by atoms with van der Waals surface area (Å²) in [6.07, 6.45) is 3.26. The van der Waals surface area contributed by atoms with Crippen LogP contribution in [0.3, 0.4) is 0 Å². The van der Waals surface area contributed by atoms with Crippen molar-refractivity contribution >= 4 is 23.4 Å². The quantitative estimate of drug-likeness (QED) is 0.577. The molecule has 98 valence electrons. The highest BCUT2D eigenvalue weighted by Crippen LogP contribution is 2.25. The lowest BCUT2D eigenvalue weighted by Crippen LogP contribution is -2.33. The van der Waals surface area contributed by atoms with Gasteiger partial charge in [-0.05, 0) is 36.8 Å². The number of thioether (sulfide) groups is 1. The summed E-state index contributed by atoms with van der Waals surface area (Å²) in [5.41, 5.74) is 6.89. The SMILES string of the molecule is Nc1ccc(O)c(CNC(=O)C2CCCCS2)c1. The van der Waals surface area contributed by atoms with Crippen molar-refractivity contribution in [3.63, 3.8) is 0 Å². The van der Waals surface area contributed by atoms with Crippen molar-refractivity contribution in [1.82, 2.24) is 5.32 Å². The van der Waals surface area contributed by atoms with Gasteiger partial charge in [0.1, 0.15) is 5.75 Å². The number of phenolic OH excluding ortho intramolecular Hbond substituents is 1. The van der Waals surface area contributed by atoms with Gasteiger partial charge in [0.15, 0.2) is 0 Å². The Morgan fingerprint density at radius 2 is 2.33 bits per heavy atom. The molecule has 1 fully saturated rings. The second-order valence-corrected chi connectivity index (χ2v) is 5.77. The summed E-state index contributed by atoms with van der Waals surface area (Å²) >= 11 is 1.71. The van der Waals surface area contributed by atoms with Gasteiger partial charge >= 0.3 is 0 Å². The minimum atomic E-state index is 0.0570. The van der Waals surface area contributed by atoms with Crippen molar-refractivity contribution in [2.75, 3.05) is 11.5 Å². The minimum Gasteiger partial charge on any atom is -0.508 e. The van der Waals surface area contributed by atoms with Crippen molar-refractivity contribution < 1.29 is 9.90 Å². The third-order valence-electron chi connectivity index (χ3n) is 3.03. The highest BCUT2D eigenvalue weighted by atomic mass is 32.2. The molecule has 18 heavy (non-hydrogen) atoms. The van der Waals surface area contributed by atoms with E-state index in [4.69, 9.17) is 5.73 Å². The van der Waals surface area contributed by atoms with Gasteiger partial charge in [0, 0.05) is 17.8 Å². The number of benzene rings is 1. The Morgan fingerprint density at radius 3 is 3.06 bits per heavy atom. The molecule has 2 rings (SSSR count). The van der Waals surface area contributed by atoms with Crippen LogP contribution in [0.5, 0.6) is 5.75 Å². The van der Waals surface area contributed by atoms with Crippen LogP contribution in [0.4, 0.5) is 5.69 Å². The normalized spacial score (nSPS) is 19.4. The summed E-state index contributed by atoms with van der Waals surface area (Å²) in [5.74, 6) is 1.28. The molecule has 0 spiro atoms. The number of carbonyl (C=O) groups excluding carboxylic acids is 1. The van der Waals surface area contributed by atoms with Gasteiger partial charge < -0.3 is 16.2 Å². The number of hydrogen-bond acceptors (Lipinski definition) is 4. The molecule has 1 aliphatic rings. The molecule has 0 saturated carbocycles. The standard InChI is InChI=1S/C13H18N2O2S/c14-10-4-5-11(16)9(7-10)8-15-13(17)12-3-1-2-6-18-12/h4-5,7,12,16H,1-3,6,8,14H2,(H,15,17). The minimum absolute atomic E-state index is 0.0570. The molecule has 1 saturated heterocycles. The second-order valence-electron chi connectivity index (χ2n) is 4.46. The van der Waals surface area contributed by atoms with Gasteiger partial charge in [0.2, 0.25) is 5.91 Å². The Kier molecular flexibility index (Phi) is 4.36. The summed E-state index contributed by atoms with van der Waals surface area (Å²) in [6.45, 7) is 0.326. The topological polar surface area (TPSA) is 75.3 Å². The maximum Gasteiger partial charge on any atom is 0.233 e. The van der Waals surface area contributed by atoms with Crippen LogP contribution in [0.15, 0.2) is 18.2 Å². The molecule has 4 nitrogen and oxygen atoms in total. The van der Waals surface area contributed by atoms with E-state index in [1.54, 1.807) is 30.0 Å². The highest BCUT2D eigenvalue weighted by molar-refractivity contribution is 8.00. The predicted molar refractivity (Wildman–Crippen MR) is 74.5 cm³/mol. The average molecular weight is 266 g/mol. The fourth-order valence-electron chi connectivity index (χ4n) is 1.99. The lowest BCUT2D eigenvalue weighted by molar-refractivity contribution is -0.120. The third-order valence-corrected chi connectivity index (χ3v) is 4.41. The third kappa shape index (κ3) is 3.32. The monoisotopic (exact) mass is 266 g/mol. The van der Waals surface area contributed by atoms with Gasteiger partial charge in [0.05, 0.1) is 5.25 Å². The van der Waals surface area contributed by atoms with E-state index in [-0.39, 0.29) is 16.9 Å². The zero-order valence-electron chi connectivity index (χ0n) is 10.2. The smallest absolute Gasteiger partial charge is 0.233 e. The van der Waals surface area contributed by atoms with Gasteiger partial charge in [-0.3, -0.25) is 4.79 Å². The van der Waals surface area contributed by atoms with Gasteiger partial charge in [-0.2, -0.15) is 0 Å². The fourth-order valence-corrected chi connectivity index (χ4v) is 3.21. The first-order valence-corrected chi connectivity index (χ1v) is 7.18. The van der Waals surface area contributed by atoms with Crippen LogP contribution in [0.2, 0.25) is 0 Å². The van der Waals surface area contributed by atoms with Crippen LogP contribution < -0.4 is 11.1 Å². The molecule has 1 aromatic rings. The van der Waals surface area contributed by atoms with Gasteiger partial charge in [-0.25, -0.2) is 0 Å². The van der Waals surface area contributed by atoms with E-state index in [0.29, 0.717) is 17.8 Å². The van der Waals surface area contributed by atoms with Crippen LogP contribution in [-0.4, -0.2) is 22.0 Å². The van der Waals surface area contributed by atoms with Gasteiger partial charge in [-0.1, -0.05) is 6.42 Å². The summed E-state index contributed by atoms with van der Waals surface area (Å²) < 4.78 is 0. The van der Waals surface area contributed by atoms with E-state index < -0.39 is 0 Å². The zero-order chi connectivity index (χ0) is 13.0. The number of aromatic hydroxyl groups is 1. The number of phenols is 1. The summed E-state index contributed by atoms with van der Waals surface area (Å²) in [4.78, 5) is 11.9. The number of nitrogens with two attached hydrogens (primary N) is 1. The van der Waals surface area contributed by atoms with Crippen LogP contribution in [0, 0.1) is 0 Å². The molecule has 0 bridgehead atoms. The molecule has 1 amide bonds. The van der Waals surface area contributed by atoms with E-state index in [1.165, 1.54) is 6.42 Å². The molecule has 1 heterocycles. The first-order valence-electron chi connectivity index (χ1n) is 6.13. The maximum atomic E-state index is 11.9. The number of nitrogen functional groups attached to an aromatic ring is 1.